The van der Waals surface area contributed by atoms with Gasteiger partial charge in [-0.15, -0.1) is 0 Å². The van der Waals surface area contributed by atoms with E-state index in [-0.39, 0.29) is 0 Å². The summed E-state index contributed by atoms with van der Waals surface area (Å²) >= 11 is 0. The highest BCUT2D eigenvalue weighted by Gasteiger charge is 2.21. The second-order valence-electron chi connectivity index (χ2n) is 7.05. The second-order valence-corrected chi connectivity index (χ2v) is 7.05. The monoisotopic (exact) mass is 361 g/mol. The van der Waals surface area contributed by atoms with Crippen LogP contribution in [0.3, 0.4) is 0 Å². The van der Waals surface area contributed by atoms with Crippen LogP contribution in [-0.4, -0.2) is 0 Å². The highest BCUT2D eigenvalue weighted by atomic mass is 14.2. The molecule has 0 bridgehead atoms. The van der Waals surface area contributed by atoms with Gasteiger partial charge in [0.25, 0.3) is 0 Å². The van der Waals surface area contributed by atoms with Crippen molar-refractivity contribution in [1.82, 2.24) is 0 Å². The summed E-state index contributed by atoms with van der Waals surface area (Å²) in [6, 6.07) is 39.0. The van der Waals surface area contributed by atoms with E-state index >= 15 is 0 Å². The van der Waals surface area contributed by atoms with E-state index in [0.29, 0.717) is 0 Å². The van der Waals surface area contributed by atoms with E-state index in [0.717, 1.165) is 12.8 Å². The third-order valence-corrected chi connectivity index (χ3v) is 5.17. The SMILES string of the molecule is CCC[C](c1ccccc1-c1ccccc1)c1ccccc1-c1ccccc1. The predicted octanol–water partition coefficient (Wildman–Crippen LogP) is 7.79. The molecule has 0 fully saturated rings. The van der Waals surface area contributed by atoms with Gasteiger partial charge in [-0.2, -0.15) is 0 Å². The summed E-state index contributed by atoms with van der Waals surface area (Å²) in [7, 11) is 0. The van der Waals surface area contributed by atoms with Crippen LogP contribution in [0.25, 0.3) is 22.3 Å². The lowest BCUT2D eigenvalue weighted by Crippen LogP contribution is -2.06. The van der Waals surface area contributed by atoms with Crippen molar-refractivity contribution in [2.24, 2.45) is 0 Å². The molecule has 4 aromatic carbocycles. The molecule has 0 aromatic heterocycles. The lowest BCUT2D eigenvalue weighted by molar-refractivity contribution is 0.850. The minimum atomic E-state index is 1.05. The van der Waals surface area contributed by atoms with Gasteiger partial charge in [0.2, 0.25) is 0 Å². The molecule has 0 unspecified atom stereocenters. The fourth-order valence-corrected chi connectivity index (χ4v) is 3.90. The summed E-state index contributed by atoms with van der Waals surface area (Å²) in [6.07, 6.45) is 2.16. The zero-order chi connectivity index (χ0) is 19.2. The standard InChI is InChI=1S/C28H25/c1-2-13-26(27-20-11-9-18-24(27)22-14-5-3-6-15-22)28-21-12-10-19-25(28)23-16-7-4-8-17-23/h3-12,14-21H,2,13H2,1H3. The Balaban J connectivity index is 1.88. The maximum atomic E-state index is 2.27. The topological polar surface area (TPSA) is 0 Å². The number of hydrogen-bond acceptors (Lipinski definition) is 0. The van der Waals surface area contributed by atoms with Crippen molar-refractivity contribution in [3.8, 4) is 22.3 Å². The molecule has 0 aliphatic rings. The van der Waals surface area contributed by atoms with Crippen LogP contribution in [0, 0.1) is 5.92 Å². The molecule has 4 rings (SSSR count). The number of rotatable bonds is 6. The molecule has 0 heteroatoms. The molecule has 0 amide bonds. The van der Waals surface area contributed by atoms with Crippen molar-refractivity contribution in [3.05, 3.63) is 126 Å². The molecule has 0 spiro atoms. The van der Waals surface area contributed by atoms with E-state index in [4.69, 9.17) is 0 Å². The normalized spacial score (nSPS) is 10.9. The van der Waals surface area contributed by atoms with Crippen molar-refractivity contribution >= 4 is 0 Å². The third-order valence-electron chi connectivity index (χ3n) is 5.17. The van der Waals surface area contributed by atoms with E-state index < -0.39 is 0 Å². The first-order chi connectivity index (χ1) is 13.9. The quantitative estimate of drug-likeness (QED) is 0.329. The molecule has 0 aliphatic carbocycles. The van der Waals surface area contributed by atoms with Crippen molar-refractivity contribution in [3.63, 3.8) is 0 Å². The van der Waals surface area contributed by atoms with E-state index in [9.17, 15) is 0 Å². The predicted molar refractivity (Wildman–Crippen MR) is 120 cm³/mol. The van der Waals surface area contributed by atoms with Crippen LogP contribution >= 0.6 is 0 Å². The van der Waals surface area contributed by atoms with Gasteiger partial charge in [0.05, 0.1) is 0 Å². The van der Waals surface area contributed by atoms with Crippen molar-refractivity contribution in [1.29, 1.82) is 0 Å². The molecule has 0 aliphatic heterocycles. The fourth-order valence-electron chi connectivity index (χ4n) is 3.90. The van der Waals surface area contributed by atoms with Crippen LogP contribution in [0.15, 0.2) is 109 Å². The summed E-state index contributed by atoms with van der Waals surface area (Å²) < 4.78 is 0. The molecule has 137 valence electrons. The van der Waals surface area contributed by atoms with Crippen molar-refractivity contribution in [2.45, 2.75) is 19.8 Å². The van der Waals surface area contributed by atoms with Crippen LogP contribution in [0.1, 0.15) is 30.9 Å². The van der Waals surface area contributed by atoms with Gasteiger partial charge in [0.1, 0.15) is 0 Å². The Labute approximate surface area is 168 Å². The average Bonchev–Trinajstić information content (AvgIpc) is 2.79. The van der Waals surface area contributed by atoms with Crippen molar-refractivity contribution in [2.75, 3.05) is 0 Å². The van der Waals surface area contributed by atoms with Gasteiger partial charge in [-0.05, 0) is 39.8 Å². The van der Waals surface area contributed by atoms with E-state index in [2.05, 4.69) is 116 Å². The maximum absolute atomic E-state index is 2.27. The first-order valence-corrected chi connectivity index (χ1v) is 10.0. The third kappa shape index (κ3) is 3.77. The summed E-state index contributed by atoms with van der Waals surface area (Å²) in [5.74, 6) is 1.42. The Morgan fingerprint density at radius 2 is 0.893 bits per heavy atom. The van der Waals surface area contributed by atoms with Crippen LogP contribution in [-0.2, 0) is 0 Å². The molecule has 1 radical (unpaired) electrons. The lowest BCUT2D eigenvalue weighted by Gasteiger charge is -2.23. The molecule has 28 heavy (non-hydrogen) atoms. The summed E-state index contributed by atoms with van der Waals surface area (Å²) in [5, 5.41) is 0. The van der Waals surface area contributed by atoms with Gasteiger partial charge in [0, 0.05) is 5.92 Å². The zero-order valence-electron chi connectivity index (χ0n) is 16.3. The molecular weight excluding hydrogens is 336 g/mol. The highest BCUT2D eigenvalue weighted by molar-refractivity contribution is 5.77. The lowest BCUT2D eigenvalue weighted by atomic mass is 9.80. The van der Waals surface area contributed by atoms with Gasteiger partial charge in [0.15, 0.2) is 0 Å². The maximum Gasteiger partial charge on any atom is 0.0352 e. The molecular formula is C28H25. The van der Waals surface area contributed by atoms with Crippen LogP contribution in [0.2, 0.25) is 0 Å². The second kappa shape index (κ2) is 8.71. The Bertz CT molecular complexity index is 933. The summed E-state index contributed by atoms with van der Waals surface area (Å²) in [5.41, 5.74) is 7.80. The summed E-state index contributed by atoms with van der Waals surface area (Å²) in [4.78, 5) is 0. The number of hydrogen-bond donors (Lipinski definition) is 0. The fraction of sp³-hybridized carbons (Fsp3) is 0.107. The Hall–Kier alpha value is -3.12. The minimum absolute atomic E-state index is 1.05. The number of benzene rings is 4. The minimum Gasteiger partial charge on any atom is -0.0653 e. The van der Waals surface area contributed by atoms with E-state index in [1.54, 1.807) is 0 Å². The molecule has 4 aromatic rings. The van der Waals surface area contributed by atoms with Crippen molar-refractivity contribution < 1.29 is 0 Å². The Morgan fingerprint density at radius 3 is 1.32 bits per heavy atom. The van der Waals surface area contributed by atoms with Crippen LogP contribution in [0.4, 0.5) is 0 Å². The van der Waals surface area contributed by atoms with E-state index in [1.165, 1.54) is 39.3 Å². The average molecular weight is 362 g/mol. The zero-order valence-corrected chi connectivity index (χ0v) is 16.3. The largest absolute Gasteiger partial charge is 0.0653 e. The Morgan fingerprint density at radius 1 is 0.500 bits per heavy atom. The molecule has 0 atom stereocenters. The Kier molecular flexibility index (Phi) is 5.68. The molecule has 0 saturated carbocycles. The molecule has 0 nitrogen and oxygen atoms in total. The van der Waals surface area contributed by atoms with Gasteiger partial charge >= 0.3 is 0 Å². The van der Waals surface area contributed by atoms with Gasteiger partial charge < -0.3 is 0 Å². The molecule has 0 N–H and O–H groups in total. The van der Waals surface area contributed by atoms with E-state index in [1.807, 2.05) is 0 Å². The van der Waals surface area contributed by atoms with Gasteiger partial charge in [-0.1, -0.05) is 123 Å². The van der Waals surface area contributed by atoms with Gasteiger partial charge in [-0.25, -0.2) is 0 Å². The van der Waals surface area contributed by atoms with Crippen LogP contribution in [0.5, 0.6) is 0 Å². The smallest absolute Gasteiger partial charge is 0.0352 e. The summed E-state index contributed by atoms with van der Waals surface area (Å²) in [6.45, 7) is 2.26. The first kappa shape index (κ1) is 18.3. The molecule has 0 heterocycles. The molecule has 0 saturated heterocycles. The van der Waals surface area contributed by atoms with Gasteiger partial charge in [-0.3, -0.25) is 0 Å². The first-order valence-electron chi connectivity index (χ1n) is 10.0. The van der Waals surface area contributed by atoms with Crippen LogP contribution < -0.4 is 0 Å². The highest BCUT2D eigenvalue weighted by Crippen LogP contribution is 2.39.